The summed E-state index contributed by atoms with van der Waals surface area (Å²) in [6.45, 7) is 6.17. The number of aromatic nitrogens is 3. The molecule has 0 aliphatic heterocycles. The Balaban J connectivity index is 1.61. The Morgan fingerprint density at radius 1 is 1.00 bits per heavy atom. The Labute approximate surface area is 172 Å². The minimum Gasteiger partial charge on any atom is -0.436 e. The minimum atomic E-state index is -0.281. The molecule has 0 aliphatic rings. The van der Waals surface area contributed by atoms with Crippen LogP contribution in [-0.4, -0.2) is 21.1 Å². The molecule has 0 saturated carbocycles. The molecule has 1 amide bonds. The number of anilines is 1. The highest BCUT2D eigenvalue weighted by Crippen LogP contribution is 2.30. The molecular weight excluding hydrogens is 384 g/mol. The van der Waals surface area contributed by atoms with Crippen molar-refractivity contribution in [2.45, 2.75) is 26.2 Å². The standard InChI is InChI=1S/C22H20N4O2S/c1-22(2,3)20-25-26-21(29-20)24-18(27)15-11-7-8-12-16(15)19-23-13-17(28-19)14-9-5-4-6-10-14/h4-13H,1-3H3,(H,24,26,27). The first kappa shape index (κ1) is 19.0. The zero-order valence-corrected chi connectivity index (χ0v) is 17.2. The second-order valence-electron chi connectivity index (χ2n) is 7.56. The van der Waals surface area contributed by atoms with E-state index in [1.807, 2.05) is 42.5 Å². The number of benzene rings is 2. The molecule has 29 heavy (non-hydrogen) atoms. The number of oxazole rings is 1. The predicted molar refractivity (Wildman–Crippen MR) is 114 cm³/mol. The summed E-state index contributed by atoms with van der Waals surface area (Å²) >= 11 is 1.37. The van der Waals surface area contributed by atoms with Gasteiger partial charge in [-0.25, -0.2) is 4.98 Å². The van der Waals surface area contributed by atoms with Crippen LogP contribution in [0.4, 0.5) is 5.13 Å². The number of nitrogens with zero attached hydrogens (tertiary/aromatic N) is 3. The molecule has 7 heteroatoms. The third-order valence-corrected chi connectivity index (χ3v) is 5.52. The molecule has 0 aliphatic carbocycles. The summed E-state index contributed by atoms with van der Waals surface area (Å²) in [5, 5.41) is 12.4. The van der Waals surface area contributed by atoms with Crippen molar-refractivity contribution in [1.29, 1.82) is 0 Å². The van der Waals surface area contributed by atoms with E-state index < -0.39 is 0 Å². The fourth-order valence-corrected chi connectivity index (χ4v) is 3.54. The maximum atomic E-state index is 12.9. The normalized spacial score (nSPS) is 11.4. The van der Waals surface area contributed by atoms with E-state index in [1.54, 1.807) is 18.3 Å². The maximum absolute atomic E-state index is 12.9. The highest BCUT2D eigenvalue weighted by Gasteiger charge is 2.22. The monoisotopic (exact) mass is 404 g/mol. The first-order chi connectivity index (χ1) is 13.9. The summed E-state index contributed by atoms with van der Waals surface area (Å²) in [7, 11) is 0. The van der Waals surface area contributed by atoms with Crippen molar-refractivity contribution < 1.29 is 9.21 Å². The molecule has 2 aromatic heterocycles. The molecule has 146 valence electrons. The number of hydrogen-bond acceptors (Lipinski definition) is 6. The van der Waals surface area contributed by atoms with Gasteiger partial charge in [-0.2, -0.15) is 0 Å². The number of amides is 1. The van der Waals surface area contributed by atoms with Crippen molar-refractivity contribution in [3.05, 3.63) is 71.4 Å². The summed E-state index contributed by atoms with van der Waals surface area (Å²) in [6.07, 6.45) is 1.67. The maximum Gasteiger partial charge on any atom is 0.258 e. The van der Waals surface area contributed by atoms with Gasteiger partial charge in [0, 0.05) is 16.5 Å². The Morgan fingerprint density at radius 3 is 2.45 bits per heavy atom. The van der Waals surface area contributed by atoms with E-state index in [-0.39, 0.29) is 11.3 Å². The zero-order valence-electron chi connectivity index (χ0n) is 16.3. The van der Waals surface area contributed by atoms with Crippen molar-refractivity contribution in [1.82, 2.24) is 15.2 Å². The molecule has 0 fully saturated rings. The highest BCUT2D eigenvalue weighted by molar-refractivity contribution is 7.15. The van der Waals surface area contributed by atoms with Gasteiger partial charge in [-0.1, -0.05) is 74.6 Å². The van der Waals surface area contributed by atoms with Gasteiger partial charge in [0.15, 0.2) is 5.76 Å². The van der Waals surface area contributed by atoms with E-state index in [2.05, 4.69) is 41.3 Å². The van der Waals surface area contributed by atoms with Crippen LogP contribution < -0.4 is 5.32 Å². The predicted octanol–water partition coefficient (Wildman–Crippen LogP) is 5.41. The van der Waals surface area contributed by atoms with E-state index in [0.29, 0.717) is 27.9 Å². The van der Waals surface area contributed by atoms with Crippen LogP contribution >= 0.6 is 11.3 Å². The molecule has 0 saturated heterocycles. The lowest BCUT2D eigenvalue weighted by molar-refractivity contribution is 0.102. The summed E-state index contributed by atoms with van der Waals surface area (Å²) in [5.74, 6) is 0.758. The number of nitrogens with one attached hydrogen (secondary N) is 1. The van der Waals surface area contributed by atoms with Gasteiger partial charge in [0.2, 0.25) is 11.0 Å². The van der Waals surface area contributed by atoms with Gasteiger partial charge < -0.3 is 4.42 Å². The van der Waals surface area contributed by atoms with E-state index in [1.165, 1.54) is 11.3 Å². The van der Waals surface area contributed by atoms with Gasteiger partial charge in [-0.05, 0) is 12.1 Å². The SMILES string of the molecule is CC(C)(C)c1nnc(NC(=O)c2ccccc2-c2ncc(-c3ccccc3)o2)s1. The first-order valence-corrected chi connectivity index (χ1v) is 9.99. The van der Waals surface area contributed by atoms with Gasteiger partial charge in [0.25, 0.3) is 5.91 Å². The molecule has 0 bridgehead atoms. The van der Waals surface area contributed by atoms with Crippen molar-refractivity contribution in [3.8, 4) is 22.8 Å². The third-order valence-electron chi connectivity index (χ3n) is 4.25. The van der Waals surface area contributed by atoms with Gasteiger partial charge in [0.05, 0.1) is 11.8 Å². The number of carbonyl (C=O) groups excluding carboxylic acids is 1. The van der Waals surface area contributed by atoms with Crippen LogP contribution in [0.5, 0.6) is 0 Å². The van der Waals surface area contributed by atoms with Crippen LogP contribution in [-0.2, 0) is 5.41 Å². The third kappa shape index (κ3) is 4.09. The minimum absolute atomic E-state index is 0.121. The summed E-state index contributed by atoms with van der Waals surface area (Å²) < 4.78 is 5.93. The molecule has 0 unspecified atom stereocenters. The second-order valence-corrected chi connectivity index (χ2v) is 8.54. The number of carbonyl (C=O) groups is 1. The molecule has 2 aromatic carbocycles. The second kappa shape index (κ2) is 7.60. The van der Waals surface area contributed by atoms with E-state index in [0.717, 1.165) is 10.6 Å². The molecule has 0 radical (unpaired) electrons. The topological polar surface area (TPSA) is 80.9 Å². The average Bonchev–Trinajstić information content (AvgIpc) is 3.38. The fraction of sp³-hybridized carbons (Fsp3) is 0.182. The molecule has 4 aromatic rings. The highest BCUT2D eigenvalue weighted by atomic mass is 32.1. The summed E-state index contributed by atoms with van der Waals surface area (Å²) in [4.78, 5) is 17.3. The van der Waals surface area contributed by atoms with Crippen molar-refractivity contribution in [2.75, 3.05) is 5.32 Å². The zero-order chi connectivity index (χ0) is 20.4. The molecule has 0 atom stereocenters. The van der Waals surface area contributed by atoms with Gasteiger partial charge >= 0.3 is 0 Å². The van der Waals surface area contributed by atoms with E-state index >= 15 is 0 Å². The molecule has 6 nitrogen and oxygen atoms in total. The van der Waals surface area contributed by atoms with Gasteiger partial charge in [-0.15, -0.1) is 10.2 Å². The van der Waals surface area contributed by atoms with Crippen LogP contribution in [0.1, 0.15) is 36.1 Å². The Bertz CT molecular complexity index is 1140. The number of rotatable bonds is 4. The average molecular weight is 404 g/mol. The molecule has 0 spiro atoms. The summed E-state index contributed by atoms with van der Waals surface area (Å²) in [6, 6.07) is 16.9. The van der Waals surface area contributed by atoms with Crippen molar-refractivity contribution >= 4 is 22.4 Å². The largest absolute Gasteiger partial charge is 0.436 e. The number of hydrogen-bond donors (Lipinski definition) is 1. The lowest BCUT2D eigenvalue weighted by atomic mass is 9.98. The Morgan fingerprint density at radius 2 is 1.72 bits per heavy atom. The van der Waals surface area contributed by atoms with Gasteiger partial charge in [-0.3, -0.25) is 10.1 Å². The van der Waals surface area contributed by atoms with Crippen LogP contribution in [0.15, 0.2) is 65.2 Å². The first-order valence-electron chi connectivity index (χ1n) is 9.18. The Hall–Kier alpha value is -3.32. The lowest BCUT2D eigenvalue weighted by Gasteiger charge is -2.12. The Kier molecular flexibility index (Phi) is 4.98. The van der Waals surface area contributed by atoms with Crippen LogP contribution in [0, 0.1) is 0 Å². The van der Waals surface area contributed by atoms with Gasteiger partial charge in [0.1, 0.15) is 5.01 Å². The molecule has 4 rings (SSSR count). The quantitative estimate of drug-likeness (QED) is 0.492. The smallest absolute Gasteiger partial charge is 0.258 e. The summed E-state index contributed by atoms with van der Waals surface area (Å²) in [5.41, 5.74) is 1.88. The molecule has 1 N–H and O–H groups in total. The molecule has 2 heterocycles. The van der Waals surface area contributed by atoms with Crippen LogP contribution in [0.3, 0.4) is 0 Å². The van der Waals surface area contributed by atoms with E-state index in [9.17, 15) is 4.79 Å². The lowest BCUT2D eigenvalue weighted by Crippen LogP contribution is -2.13. The van der Waals surface area contributed by atoms with Crippen LogP contribution in [0.25, 0.3) is 22.8 Å². The fourth-order valence-electron chi connectivity index (χ4n) is 2.74. The van der Waals surface area contributed by atoms with E-state index in [4.69, 9.17) is 4.42 Å². The molecular formula is C22H20N4O2S. The van der Waals surface area contributed by atoms with Crippen molar-refractivity contribution in [2.24, 2.45) is 0 Å². The van der Waals surface area contributed by atoms with Crippen molar-refractivity contribution in [3.63, 3.8) is 0 Å². The van der Waals surface area contributed by atoms with Crippen LogP contribution in [0.2, 0.25) is 0 Å².